The molecule has 3 rings (SSSR count). The quantitative estimate of drug-likeness (QED) is 0.887. The Kier molecular flexibility index (Phi) is 4.02. The molecule has 2 heteroatoms. The average molecular weight is 269 g/mol. The molecule has 20 heavy (non-hydrogen) atoms. The zero-order valence-corrected chi connectivity index (χ0v) is 12.2. The maximum atomic E-state index is 10.5. The molecule has 1 aliphatic rings. The average Bonchev–Trinajstić information content (AvgIpc) is 2.47. The highest BCUT2D eigenvalue weighted by molar-refractivity contribution is 5.79. The molecule has 1 aliphatic carbocycles. The van der Waals surface area contributed by atoms with E-state index < -0.39 is 0 Å². The number of aliphatic hydroxyl groups excluding tert-OH is 1. The van der Waals surface area contributed by atoms with E-state index in [-0.39, 0.29) is 6.10 Å². The van der Waals surface area contributed by atoms with Gasteiger partial charge in [-0.2, -0.15) is 0 Å². The van der Waals surface area contributed by atoms with E-state index >= 15 is 0 Å². The summed E-state index contributed by atoms with van der Waals surface area (Å²) >= 11 is 0. The lowest BCUT2D eigenvalue weighted by Gasteiger charge is -2.24. The number of pyridine rings is 1. The van der Waals surface area contributed by atoms with Crippen LogP contribution in [-0.4, -0.2) is 10.1 Å². The molecule has 0 radical (unpaired) electrons. The predicted octanol–water partition coefficient (Wildman–Crippen LogP) is 4.55. The number of aliphatic hydroxyl groups is 1. The van der Waals surface area contributed by atoms with Gasteiger partial charge in [0.15, 0.2) is 0 Å². The molecule has 1 aromatic carbocycles. The summed E-state index contributed by atoms with van der Waals surface area (Å²) in [6, 6.07) is 10.3. The predicted molar refractivity (Wildman–Crippen MR) is 82.6 cm³/mol. The van der Waals surface area contributed by atoms with Crippen LogP contribution >= 0.6 is 0 Å². The monoisotopic (exact) mass is 269 g/mol. The summed E-state index contributed by atoms with van der Waals surface area (Å²) in [6.45, 7) is 2.01. The van der Waals surface area contributed by atoms with Gasteiger partial charge in [0.05, 0.1) is 11.6 Å². The molecule has 1 N–H and O–H groups in total. The maximum absolute atomic E-state index is 10.5. The minimum Gasteiger partial charge on any atom is -0.388 e. The van der Waals surface area contributed by atoms with Crippen LogP contribution in [0, 0.1) is 12.8 Å². The fourth-order valence-corrected chi connectivity index (χ4v) is 3.33. The Morgan fingerprint density at radius 1 is 1.15 bits per heavy atom. The van der Waals surface area contributed by atoms with Crippen molar-refractivity contribution in [3.8, 4) is 0 Å². The van der Waals surface area contributed by atoms with E-state index in [0.29, 0.717) is 5.92 Å². The van der Waals surface area contributed by atoms with Gasteiger partial charge in [-0.3, -0.25) is 4.98 Å². The number of nitrogens with zero attached hydrogens (tertiary/aromatic N) is 1. The summed E-state index contributed by atoms with van der Waals surface area (Å²) in [5, 5.41) is 11.6. The number of aryl methyl sites for hydroxylation is 1. The van der Waals surface area contributed by atoms with Gasteiger partial charge in [0.2, 0.25) is 0 Å². The summed E-state index contributed by atoms with van der Waals surface area (Å²) < 4.78 is 0. The molecular weight excluding hydrogens is 246 g/mol. The van der Waals surface area contributed by atoms with Crippen molar-refractivity contribution >= 4 is 10.9 Å². The standard InChI is InChI=1S/C18H23NO/c1-13-7-8-15-12-16(9-10-17(15)19-13)18(20)11-14-5-3-2-4-6-14/h7-10,12,14,18,20H,2-6,11H2,1H3. The third-order valence-corrected chi connectivity index (χ3v) is 4.52. The van der Waals surface area contributed by atoms with Crippen LogP contribution < -0.4 is 0 Å². The molecule has 0 bridgehead atoms. The zero-order chi connectivity index (χ0) is 13.9. The van der Waals surface area contributed by atoms with Crippen LogP contribution in [0.2, 0.25) is 0 Å². The zero-order valence-electron chi connectivity index (χ0n) is 12.2. The molecule has 1 aromatic heterocycles. The summed E-state index contributed by atoms with van der Waals surface area (Å²) in [6.07, 6.45) is 7.18. The van der Waals surface area contributed by atoms with Gasteiger partial charge in [0, 0.05) is 11.1 Å². The molecule has 0 saturated heterocycles. The van der Waals surface area contributed by atoms with Gasteiger partial charge in [-0.15, -0.1) is 0 Å². The normalized spacial score (nSPS) is 18.3. The van der Waals surface area contributed by atoms with E-state index in [1.165, 1.54) is 32.1 Å². The number of benzene rings is 1. The fourth-order valence-electron chi connectivity index (χ4n) is 3.33. The first kappa shape index (κ1) is 13.6. The number of hydrogen-bond donors (Lipinski definition) is 1. The van der Waals surface area contributed by atoms with E-state index in [1.807, 2.05) is 25.1 Å². The first-order valence-electron chi connectivity index (χ1n) is 7.78. The topological polar surface area (TPSA) is 33.1 Å². The lowest BCUT2D eigenvalue weighted by Crippen LogP contribution is -2.11. The second-order valence-electron chi connectivity index (χ2n) is 6.16. The van der Waals surface area contributed by atoms with E-state index in [4.69, 9.17) is 0 Å². The Morgan fingerprint density at radius 2 is 1.95 bits per heavy atom. The highest BCUT2D eigenvalue weighted by Gasteiger charge is 2.18. The van der Waals surface area contributed by atoms with Crippen LogP contribution in [0.5, 0.6) is 0 Å². The van der Waals surface area contributed by atoms with Gasteiger partial charge in [0.25, 0.3) is 0 Å². The van der Waals surface area contributed by atoms with Gasteiger partial charge >= 0.3 is 0 Å². The molecule has 1 atom stereocenters. The van der Waals surface area contributed by atoms with Gasteiger partial charge in [-0.1, -0.05) is 44.2 Å². The molecule has 1 fully saturated rings. The van der Waals surface area contributed by atoms with E-state index in [1.54, 1.807) is 0 Å². The molecule has 106 valence electrons. The second-order valence-corrected chi connectivity index (χ2v) is 6.16. The molecule has 1 heterocycles. The van der Waals surface area contributed by atoms with Crippen LogP contribution in [0.3, 0.4) is 0 Å². The van der Waals surface area contributed by atoms with E-state index in [2.05, 4.69) is 17.1 Å². The van der Waals surface area contributed by atoms with Crippen molar-refractivity contribution in [3.05, 3.63) is 41.6 Å². The third kappa shape index (κ3) is 3.01. The van der Waals surface area contributed by atoms with Crippen molar-refractivity contribution in [1.29, 1.82) is 0 Å². The van der Waals surface area contributed by atoms with Crippen molar-refractivity contribution in [3.63, 3.8) is 0 Å². The molecular formula is C18H23NO. The minimum atomic E-state index is -0.330. The Labute approximate surface area is 120 Å². The molecule has 2 aromatic rings. The van der Waals surface area contributed by atoms with Crippen LogP contribution in [0.15, 0.2) is 30.3 Å². The van der Waals surface area contributed by atoms with E-state index in [0.717, 1.165) is 28.6 Å². The first-order valence-corrected chi connectivity index (χ1v) is 7.78. The highest BCUT2D eigenvalue weighted by atomic mass is 16.3. The number of aromatic nitrogens is 1. The minimum absolute atomic E-state index is 0.330. The number of hydrogen-bond acceptors (Lipinski definition) is 2. The lowest BCUT2D eigenvalue weighted by molar-refractivity contribution is 0.131. The SMILES string of the molecule is Cc1ccc2cc(C(O)CC3CCCCC3)ccc2n1. The lowest BCUT2D eigenvalue weighted by atomic mass is 9.84. The Balaban J connectivity index is 1.76. The van der Waals surface area contributed by atoms with E-state index in [9.17, 15) is 5.11 Å². The van der Waals surface area contributed by atoms with Crippen molar-refractivity contribution in [2.75, 3.05) is 0 Å². The van der Waals surface area contributed by atoms with Crippen LogP contribution in [0.4, 0.5) is 0 Å². The van der Waals surface area contributed by atoms with Gasteiger partial charge in [-0.05, 0) is 43.0 Å². The Hall–Kier alpha value is -1.41. The van der Waals surface area contributed by atoms with Gasteiger partial charge in [0.1, 0.15) is 0 Å². The summed E-state index contributed by atoms with van der Waals surface area (Å²) in [7, 11) is 0. The molecule has 0 aliphatic heterocycles. The van der Waals surface area contributed by atoms with Gasteiger partial charge < -0.3 is 5.11 Å². The third-order valence-electron chi connectivity index (χ3n) is 4.52. The fraction of sp³-hybridized carbons (Fsp3) is 0.500. The summed E-state index contributed by atoms with van der Waals surface area (Å²) in [4.78, 5) is 4.51. The van der Waals surface area contributed by atoms with Crippen molar-refractivity contribution in [2.45, 2.75) is 51.6 Å². The van der Waals surface area contributed by atoms with Crippen LogP contribution in [0.25, 0.3) is 10.9 Å². The highest BCUT2D eigenvalue weighted by Crippen LogP contribution is 2.32. The Morgan fingerprint density at radius 3 is 2.75 bits per heavy atom. The smallest absolute Gasteiger partial charge is 0.0792 e. The largest absolute Gasteiger partial charge is 0.388 e. The van der Waals surface area contributed by atoms with Gasteiger partial charge in [-0.25, -0.2) is 0 Å². The summed E-state index contributed by atoms with van der Waals surface area (Å²) in [5.41, 5.74) is 3.08. The second kappa shape index (κ2) is 5.92. The molecule has 0 spiro atoms. The van der Waals surface area contributed by atoms with Crippen LogP contribution in [0.1, 0.15) is 55.9 Å². The molecule has 0 amide bonds. The van der Waals surface area contributed by atoms with Crippen molar-refractivity contribution in [1.82, 2.24) is 4.98 Å². The Bertz CT molecular complexity index is 587. The molecule has 1 unspecified atom stereocenters. The summed E-state index contributed by atoms with van der Waals surface area (Å²) in [5.74, 6) is 0.700. The maximum Gasteiger partial charge on any atom is 0.0792 e. The molecule has 2 nitrogen and oxygen atoms in total. The van der Waals surface area contributed by atoms with Crippen LogP contribution in [-0.2, 0) is 0 Å². The van der Waals surface area contributed by atoms with Crippen molar-refractivity contribution < 1.29 is 5.11 Å². The number of rotatable bonds is 3. The number of fused-ring (bicyclic) bond motifs is 1. The molecule has 1 saturated carbocycles. The van der Waals surface area contributed by atoms with Crippen molar-refractivity contribution in [2.24, 2.45) is 5.92 Å². The first-order chi connectivity index (χ1) is 9.72.